The molecule has 1 aliphatic carbocycles. The number of hydrogen-bond donors (Lipinski definition) is 0. The van der Waals surface area contributed by atoms with Gasteiger partial charge in [0.25, 0.3) is 10.7 Å². The van der Waals surface area contributed by atoms with E-state index in [0.717, 1.165) is 31.3 Å². The number of rotatable bonds is 1. The van der Waals surface area contributed by atoms with Crippen LogP contribution < -0.4 is 0 Å². The summed E-state index contributed by atoms with van der Waals surface area (Å²) < 4.78 is 21.8. The lowest BCUT2D eigenvalue weighted by Gasteiger charge is -2.16. The van der Waals surface area contributed by atoms with Crippen molar-refractivity contribution in [2.45, 2.75) is 45.4 Å². The first-order chi connectivity index (χ1) is 6.47. The van der Waals surface area contributed by atoms with Crippen molar-refractivity contribution in [1.82, 2.24) is 0 Å². The molecular formula is C10H18ClO2S+. The summed E-state index contributed by atoms with van der Waals surface area (Å²) in [6, 6.07) is 0. The third-order valence-electron chi connectivity index (χ3n) is 2.71. The summed E-state index contributed by atoms with van der Waals surface area (Å²) in [5.41, 5.74) is 1.02. The van der Waals surface area contributed by atoms with E-state index in [4.69, 9.17) is 0 Å². The van der Waals surface area contributed by atoms with Gasteiger partial charge in [-0.3, -0.25) is 0 Å². The molecule has 0 saturated heterocycles. The molecule has 1 atom stereocenters. The van der Waals surface area contributed by atoms with Crippen LogP contribution in [0, 0.1) is 16.6 Å². The summed E-state index contributed by atoms with van der Waals surface area (Å²) in [5.74, 6) is 0.714. The Morgan fingerprint density at radius 2 is 2.00 bits per heavy atom. The Bertz CT molecular complexity index is 306. The maximum atomic E-state index is 10.9. The molecule has 0 spiro atoms. The van der Waals surface area contributed by atoms with E-state index in [-0.39, 0.29) is 0 Å². The number of allylic oxidation sites excluding steroid dienone is 1. The zero-order chi connectivity index (χ0) is 10.6. The molecule has 1 aliphatic rings. The molecule has 1 saturated carbocycles. The highest BCUT2D eigenvalue weighted by Gasteiger charge is 2.14. The van der Waals surface area contributed by atoms with Gasteiger partial charge in [-0.2, -0.15) is 8.42 Å². The van der Waals surface area contributed by atoms with Crippen LogP contribution in [0.2, 0.25) is 0 Å². The van der Waals surface area contributed by atoms with E-state index in [1.165, 1.54) is 18.2 Å². The Labute approximate surface area is 90.8 Å². The van der Waals surface area contributed by atoms with Crippen molar-refractivity contribution in [3.05, 3.63) is 11.0 Å². The minimum Gasteiger partial charge on any atom is -0.164 e. The van der Waals surface area contributed by atoms with Crippen LogP contribution in [-0.2, 0) is 9.05 Å². The van der Waals surface area contributed by atoms with Crippen LogP contribution in [0.3, 0.4) is 0 Å². The molecule has 14 heavy (non-hydrogen) atoms. The van der Waals surface area contributed by atoms with Crippen LogP contribution in [0.4, 0.5) is 0 Å². The Morgan fingerprint density at radius 1 is 1.29 bits per heavy atom. The maximum absolute atomic E-state index is 10.9. The van der Waals surface area contributed by atoms with Gasteiger partial charge >= 0.3 is 9.05 Å². The second kappa shape index (κ2) is 5.17. The van der Waals surface area contributed by atoms with Gasteiger partial charge in [0, 0.05) is 0 Å². The van der Waals surface area contributed by atoms with Crippen molar-refractivity contribution in [3.63, 3.8) is 0 Å². The molecule has 0 aliphatic heterocycles. The normalized spacial score (nSPS) is 28.4. The van der Waals surface area contributed by atoms with Gasteiger partial charge in [-0.1, -0.05) is 25.3 Å². The van der Waals surface area contributed by atoms with E-state index in [2.05, 4.69) is 17.6 Å². The monoisotopic (exact) mass is 237 g/mol. The number of hydrogen-bond acceptors (Lipinski definition) is 2. The van der Waals surface area contributed by atoms with Crippen LogP contribution in [-0.4, -0.2) is 8.42 Å². The van der Waals surface area contributed by atoms with E-state index in [0.29, 0.717) is 5.92 Å². The molecule has 0 aromatic carbocycles. The average molecular weight is 238 g/mol. The van der Waals surface area contributed by atoms with Gasteiger partial charge in [0.05, 0.1) is 5.41 Å². The molecule has 0 aromatic rings. The predicted molar refractivity (Wildman–Crippen MR) is 55.3 cm³/mol. The van der Waals surface area contributed by atoms with E-state index >= 15 is 0 Å². The van der Waals surface area contributed by atoms with Crippen LogP contribution >= 0.6 is 0 Å². The Kier molecular flexibility index (Phi) is 4.45. The first kappa shape index (κ1) is 12.1. The predicted octanol–water partition coefficient (Wildman–Crippen LogP) is 2.47. The first-order valence-electron chi connectivity index (χ1n) is 5.13. The van der Waals surface area contributed by atoms with E-state index < -0.39 is 9.05 Å². The zero-order valence-electron chi connectivity index (χ0n) is 8.53. The molecule has 0 aromatic heterocycles. The lowest BCUT2D eigenvalue weighted by molar-refractivity contribution is -0.161. The van der Waals surface area contributed by atoms with Crippen LogP contribution in [0.1, 0.15) is 45.4 Å². The highest BCUT2D eigenvalue weighted by Crippen LogP contribution is 2.25. The smallest absolute Gasteiger partial charge is 0.164 e. The SMILES string of the molecule is CC1CCCC/C(=C/S(=O)(=O)[ClH+])CC1. The molecule has 0 radical (unpaired) electrons. The average Bonchev–Trinajstić information content (AvgIpc) is 2.02. The zero-order valence-corrected chi connectivity index (χ0v) is 10.2. The fraction of sp³-hybridized carbons (Fsp3) is 0.800. The Balaban J connectivity index is 2.64. The largest absolute Gasteiger partial charge is 0.402 e. The summed E-state index contributed by atoms with van der Waals surface area (Å²) in [6.07, 6.45) is 6.47. The standard InChI is InChI=1S/C10H18ClO2S/c1-9-4-2-3-5-10(7-6-9)8-14(11,12)13/h8-9,11H,2-7H2,1H3/q+1/b10-8-. The molecule has 1 fully saturated rings. The van der Waals surface area contributed by atoms with Crippen molar-refractivity contribution in [2.75, 3.05) is 0 Å². The lowest BCUT2D eigenvalue weighted by Crippen LogP contribution is -2.02. The minimum atomic E-state index is -3.35. The van der Waals surface area contributed by atoms with Gasteiger partial charge in [0.15, 0.2) is 0 Å². The summed E-state index contributed by atoms with van der Waals surface area (Å²) in [4.78, 5) is 0. The molecule has 0 amide bonds. The maximum Gasteiger partial charge on any atom is 0.402 e. The highest BCUT2D eigenvalue weighted by molar-refractivity contribution is 7.87. The highest BCUT2D eigenvalue weighted by atomic mass is 35.7. The molecule has 1 unspecified atom stereocenters. The summed E-state index contributed by atoms with van der Waals surface area (Å²) in [6.45, 7) is 2.23. The van der Waals surface area contributed by atoms with Crippen molar-refractivity contribution < 1.29 is 19.1 Å². The van der Waals surface area contributed by atoms with Crippen molar-refractivity contribution in [1.29, 1.82) is 0 Å². The summed E-state index contributed by atoms with van der Waals surface area (Å²) in [7, 11) is 1.02. The molecule has 0 heterocycles. The second-order valence-electron chi connectivity index (χ2n) is 4.16. The Morgan fingerprint density at radius 3 is 2.64 bits per heavy atom. The molecule has 0 bridgehead atoms. The fourth-order valence-electron chi connectivity index (χ4n) is 1.87. The molecule has 0 N–H and O–H groups in total. The summed E-state index contributed by atoms with van der Waals surface area (Å²) in [5, 5.41) is 1.29. The lowest BCUT2D eigenvalue weighted by atomic mass is 9.90. The van der Waals surface area contributed by atoms with Crippen molar-refractivity contribution >= 4 is 9.05 Å². The third kappa shape index (κ3) is 5.01. The van der Waals surface area contributed by atoms with Gasteiger partial charge in [-0.15, -0.1) is 0 Å². The van der Waals surface area contributed by atoms with Crippen molar-refractivity contribution in [2.24, 2.45) is 5.92 Å². The molecule has 82 valence electrons. The van der Waals surface area contributed by atoms with E-state index in [9.17, 15) is 8.42 Å². The Hall–Kier alpha value is -0.0200. The van der Waals surface area contributed by atoms with Crippen LogP contribution in [0.5, 0.6) is 0 Å². The van der Waals surface area contributed by atoms with Crippen molar-refractivity contribution in [3.8, 4) is 0 Å². The van der Waals surface area contributed by atoms with E-state index in [1.807, 2.05) is 0 Å². The molecule has 1 rings (SSSR count). The van der Waals surface area contributed by atoms with Gasteiger partial charge in [0.1, 0.15) is 0 Å². The summed E-state index contributed by atoms with van der Waals surface area (Å²) >= 11 is 0. The fourth-order valence-corrected chi connectivity index (χ4v) is 2.92. The van der Waals surface area contributed by atoms with Gasteiger partial charge in [0.2, 0.25) is 0 Å². The van der Waals surface area contributed by atoms with Gasteiger partial charge < -0.3 is 0 Å². The number of halogens is 1. The van der Waals surface area contributed by atoms with Gasteiger partial charge in [-0.05, 0) is 31.6 Å². The first-order valence-corrected chi connectivity index (χ1v) is 7.60. The van der Waals surface area contributed by atoms with Crippen LogP contribution in [0.25, 0.3) is 0 Å². The molecular weight excluding hydrogens is 220 g/mol. The quantitative estimate of drug-likeness (QED) is 0.657. The van der Waals surface area contributed by atoms with Crippen LogP contribution in [0.15, 0.2) is 11.0 Å². The molecule has 2 nitrogen and oxygen atoms in total. The second-order valence-corrected chi connectivity index (χ2v) is 6.77. The van der Waals surface area contributed by atoms with E-state index in [1.54, 1.807) is 0 Å². The minimum absolute atomic E-state index is 0.714. The third-order valence-corrected chi connectivity index (χ3v) is 3.62. The van der Waals surface area contributed by atoms with Gasteiger partial charge in [-0.25, -0.2) is 0 Å². The topological polar surface area (TPSA) is 34.1 Å². The molecule has 4 heteroatoms.